The van der Waals surface area contributed by atoms with Crippen molar-refractivity contribution in [1.29, 1.82) is 0 Å². The van der Waals surface area contributed by atoms with Crippen molar-refractivity contribution in [3.8, 4) is 22.5 Å². The zero-order valence-corrected chi connectivity index (χ0v) is 17.7. The van der Waals surface area contributed by atoms with Crippen LogP contribution in [0.4, 0.5) is 4.39 Å². The third kappa shape index (κ3) is 3.20. The Kier molecular flexibility index (Phi) is 4.40. The van der Waals surface area contributed by atoms with Crippen LogP contribution in [-0.2, 0) is 0 Å². The van der Waals surface area contributed by atoms with Gasteiger partial charge in [0, 0.05) is 29.0 Å². The van der Waals surface area contributed by atoms with E-state index in [9.17, 15) is 4.39 Å². The van der Waals surface area contributed by atoms with E-state index in [1.54, 1.807) is 12.1 Å². The molecule has 3 aromatic heterocycles. The number of H-pyrrole nitrogens is 2. The molecule has 4 heterocycles. The molecule has 6 rings (SSSR count). The smallest absolute Gasteiger partial charge is 0.155 e. The summed E-state index contributed by atoms with van der Waals surface area (Å²) in [4.78, 5) is 8.11. The van der Waals surface area contributed by atoms with E-state index in [1.165, 1.54) is 5.57 Å². The van der Waals surface area contributed by atoms with Crippen LogP contribution in [0.5, 0.6) is 0 Å². The lowest BCUT2D eigenvalue weighted by molar-refractivity contribution is 0.627. The van der Waals surface area contributed by atoms with Crippen LogP contribution >= 0.6 is 0 Å². The second kappa shape index (κ2) is 7.43. The molecule has 0 unspecified atom stereocenters. The number of aryl methyl sites for hydroxylation is 1. The van der Waals surface area contributed by atoms with Crippen LogP contribution in [0.1, 0.15) is 17.5 Å². The first-order chi connectivity index (χ1) is 15.7. The molecule has 0 bridgehead atoms. The largest absolute Gasteiger partial charge is 0.353 e. The topological polar surface area (TPSA) is 69.4 Å². The maximum Gasteiger partial charge on any atom is 0.155 e. The molecule has 0 atom stereocenters. The molecule has 5 aromatic rings. The van der Waals surface area contributed by atoms with Gasteiger partial charge in [0.2, 0.25) is 0 Å². The van der Waals surface area contributed by atoms with Crippen LogP contribution < -0.4 is 5.32 Å². The van der Waals surface area contributed by atoms with E-state index >= 15 is 0 Å². The number of nitrogens with zero attached hydrogens (tertiary/aromatic N) is 2. The second-order valence-electron chi connectivity index (χ2n) is 8.34. The monoisotopic (exact) mass is 423 g/mol. The molecule has 158 valence electrons. The molecular weight excluding hydrogens is 401 g/mol. The molecule has 0 fully saturated rings. The first kappa shape index (κ1) is 19.0. The van der Waals surface area contributed by atoms with Crippen LogP contribution in [-0.4, -0.2) is 33.3 Å². The SMILES string of the molecule is Cc1cc(F)cc(-c2cccc3[nH]c(-c4n[nH]c5ncc(C6=CCNCC6)cc45)cc23)c1. The van der Waals surface area contributed by atoms with E-state index in [-0.39, 0.29) is 5.82 Å². The number of halogens is 1. The third-order valence-electron chi connectivity index (χ3n) is 6.12. The van der Waals surface area contributed by atoms with Gasteiger partial charge in [-0.25, -0.2) is 9.37 Å². The van der Waals surface area contributed by atoms with E-state index in [2.05, 4.69) is 43.7 Å². The molecule has 0 spiro atoms. The van der Waals surface area contributed by atoms with Crippen LogP contribution in [0.25, 0.3) is 50.0 Å². The van der Waals surface area contributed by atoms with Gasteiger partial charge in [-0.15, -0.1) is 0 Å². The number of rotatable bonds is 3. The van der Waals surface area contributed by atoms with E-state index in [4.69, 9.17) is 0 Å². The minimum Gasteiger partial charge on any atom is -0.353 e. The summed E-state index contributed by atoms with van der Waals surface area (Å²) in [5.41, 5.74) is 8.69. The van der Waals surface area contributed by atoms with Gasteiger partial charge in [0.1, 0.15) is 11.5 Å². The summed E-state index contributed by atoms with van der Waals surface area (Å²) >= 11 is 0. The first-order valence-electron chi connectivity index (χ1n) is 10.8. The molecule has 1 aliphatic rings. The first-order valence-corrected chi connectivity index (χ1v) is 10.8. The maximum absolute atomic E-state index is 14.1. The second-order valence-corrected chi connectivity index (χ2v) is 8.34. The fourth-order valence-corrected chi connectivity index (χ4v) is 4.60. The lowest BCUT2D eigenvalue weighted by Crippen LogP contribution is -2.20. The van der Waals surface area contributed by atoms with Crippen molar-refractivity contribution in [2.24, 2.45) is 0 Å². The van der Waals surface area contributed by atoms with Crippen molar-refractivity contribution in [2.75, 3.05) is 13.1 Å². The molecular formula is C26H22FN5. The molecule has 32 heavy (non-hydrogen) atoms. The van der Waals surface area contributed by atoms with Crippen LogP contribution in [0, 0.1) is 12.7 Å². The van der Waals surface area contributed by atoms with E-state index in [0.29, 0.717) is 0 Å². The fourth-order valence-electron chi connectivity index (χ4n) is 4.60. The average molecular weight is 423 g/mol. The lowest BCUT2D eigenvalue weighted by Gasteiger charge is -2.13. The number of benzene rings is 2. The predicted octanol–water partition coefficient (Wildman–Crippen LogP) is 5.60. The Bertz CT molecular complexity index is 1490. The van der Waals surface area contributed by atoms with Crippen molar-refractivity contribution < 1.29 is 4.39 Å². The minimum absolute atomic E-state index is 0.225. The number of pyridine rings is 1. The minimum atomic E-state index is -0.225. The van der Waals surface area contributed by atoms with Gasteiger partial charge in [0.15, 0.2) is 5.65 Å². The van der Waals surface area contributed by atoms with Crippen molar-refractivity contribution >= 4 is 27.5 Å². The Morgan fingerprint density at radius 2 is 1.94 bits per heavy atom. The molecule has 0 radical (unpaired) electrons. The zero-order chi connectivity index (χ0) is 21.7. The highest BCUT2D eigenvalue weighted by atomic mass is 19.1. The van der Waals surface area contributed by atoms with Crippen molar-refractivity contribution in [3.63, 3.8) is 0 Å². The van der Waals surface area contributed by atoms with Gasteiger partial charge in [0.05, 0.1) is 5.69 Å². The summed E-state index contributed by atoms with van der Waals surface area (Å²) in [5, 5.41) is 13.0. The van der Waals surface area contributed by atoms with Gasteiger partial charge < -0.3 is 10.3 Å². The van der Waals surface area contributed by atoms with Crippen LogP contribution in [0.3, 0.4) is 0 Å². The average Bonchev–Trinajstić information content (AvgIpc) is 3.42. The molecule has 6 heteroatoms. The van der Waals surface area contributed by atoms with Gasteiger partial charge in [-0.2, -0.15) is 5.10 Å². The predicted molar refractivity (Wildman–Crippen MR) is 127 cm³/mol. The Morgan fingerprint density at radius 3 is 2.78 bits per heavy atom. The van der Waals surface area contributed by atoms with Crippen LogP contribution in [0.15, 0.2) is 60.8 Å². The third-order valence-corrected chi connectivity index (χ3v) is 6.12. The van der Waals surface area contributed by atoms with Crippen molar-refractivity contribution in [2.45, 2.75) is 13.3 Å². The summed E-state index contributed by atoms with van der Waals surface area (Å²) in [5.74, 6) is -0.225. The van der Waals surface area contributed by atoms with E-state index in [1.807, 2.05) is 37.4 Å². The van der Waals surface area contributed by atoms with Crippen LogP contribution in [0.2, 0.25) is 0 Å². The number of fused-ring (bicyclic) bond motifs is 2. The summed E-state index contributed by atoms with van der Waals surface area (Å²) in [7, 11) is 0. The Morgan fingerprint density at radius 1 is 1.00 bits per heavy atom. The Hall–Kier alpha value is -3.77. The highest BCUT2D eigenvalue weighted by Crippen LogP contribution is 2.35. The number of aromatic amines is 2. The highest BCUT2D eigenvalue weighted by Gasteiger charge is 2.16. The molecule has 3 N–H and O–H groups in total. The summed E-state index contributed by atoms with van der Waals surface area (Å²) < 4.78 is 14.1. The number of hydrogen-bond acceptors (Lipinski definition) is 3. The standard InChI is InChI=1S/C26H22FN5/c1-15-9-17(11-19(27)10-15)20-3-2-4-23-21(20)13-24(30-23)25-22-12-18(14-29-26(22)32-31-25)16-5-7-28-8-6-16/h2-5,9-14,28,30H,6-8H2,1H3,(H,29,31,32). The highest BCUT2D eigenvalue weighted by molar-refractivity contribution is 6.01. The Balaban J connectivity index is 1.49. The van der Waals surface area contributed by atoms with Gasteiger partial charge >= 0.3 is 0 Å². The summed E-state index contributed by atoms with van der Waals surface area (Å²) in [6, 6.07) is 15.5. The summed E-state index contributed by atoms with van der Waals surface area (Å²) in [6.45, 7) is 3.77. The molecule has 0 saturated heterocycles. The van der Waals surface area contributed by atoms with Gasteiger partial charge in [-0.3, -0.25) is 5.10 Å². The number of hydrogen-bond donors (Lipinski definition) is 3. The number of nitrogens with one attached hydrogen (secondary N) is 3. The van der Waals surface area contributed by atoms with Crippen molar-refractivity contribution in [3.05, 3.63) is 77.7 Å². The Labute approximate surface area is 184 Å². The quantitative estimate of drug-likeness (QED) is 0.354. The maximum atomic E-state index is 14.1. The van der Waals surface area contributed by atoms with Crippen molar-refractivity contribution in [1.82, 2.24) is 25.5 Å². The molecule has 0 saturated carbocycles. The normalized spacial score (nSPS) is 14.2. The summed E-state index contributed by atoms with van der Waals surface area (Å²) in [6.07, 6.45) is 5.13. The van der Waals surface area contributed by atoms with Gasteiger partial charge in [-0.05, 0) is 78.0 Å². The molecule has 0 aliphatic carbocycles. The number of aromatic nitrogens is 4. The molecule has 0 amide bonds. The molecule has 5 nitrogen and oxygen atoms in total. The molecule has 2 aromatic carbocycles. The fraction of sp³-hybridized carbons (Fsp3) is 0.154. The van der Waals surface area contributed by atoms with E-state index < -0.39 is 0 Å². The lowest BCUT2D eigenvalue weighted by atomic mass is 9.99. The van der Waals surface area contributed by atoms with E-state index in [0.717, 1.165) is 75.1 Å². The molecule has 1 aliphatic heterocycles. The van der Waals surface area contributed by atoms with Gasteiger partial charge in [0.25, 0.3) is 0 Å². The zero-order valence-electron chi connectivity index (χ0n) is 17.7. The van der Waals surface area contributed by atoms with Gasteiger partial charge in [-0.1, -0.05) is 24.3 Å².